The van der Waals surface area contributed by atoms with Gasteiger partial charge in [0.2, 0.25) is 0 Å². The van der Waals surface area contributed by atoms with Gasteiger partial charge in [0.05, 0.1) is 12.0 Å². The zero-order chi connectivity index (χ0) is 20.6. The lowest BCUT2D eigenvalue weighted by atomic mass is 9.79. The van der Waals surface area contributed by atoms with Crippen molar-refractivity contribution in [3.05, 3.63) is 34.2 Å². The Morgan fingerprint density at radius 2 is 2.07 bits per heavy atom. The number of rotatable bonds is 4. The van der Waals surface area contributed by atoms with E-state index in [1.54, 1.807) is 6.08 Å². The number of carbonyl (C=O) groups excluding carboxylic acids is 3. The number of carbonyl (C=O) groups is 3. The average Bonchev–Trinajstić information content (AvgIpc) is 2.89. The SMILES string of the molecule is CCN1c2ccc(/C=C3\SC(=O)N(CC(=O)OC)C3=O)cc2C(C)CC1(C)C. The molecule has 0 N–H and O–H groups in total. The first kappa shape index (κ1) is 20.5. The highest BCUT2D eigenvalue weighted by Crippen LogP contribution is 2.44. The molecule has 0 bridgehead atoms. The molecule has 1 aromatic rings. The van der Waals surface area contributed by atoms with Gasteiger partial charge in [-0.05, 0) is 74.2 Å². The highest BCUT2D eigenvalue weighted by Gasteiger charge is 2.37. The fourth-order valence-corrected chi connectivity index (χ4v) is 5.02. The molecule has 1 fully saturated rings. The quantitative estimate of drug-likeness (QED) is 0.560. The number of benzene rings is 1. The third-order valence-corrected chi connectivity index (χ3v) is 6.32. The molecule has 2 aliphatic rings. The molecule has 7 heteroatoms. The van der Waals surface area contributed by atoms with Crippen LogP contribution in [0.4, 0.5) is 10.5 Å². The van der Waals surface area contributed by atoms with Crippen molar-refractivity contribution in [1.29, 1.82) is 0 Å². The zero-order valence-electron chi connectivity index (χ0n) is 16.9. The largest absolute Gasteiger partial charge is 0.468 e. The summed E-state index contributed by atoms with van der Waals surface area (Å²) in [7, 11) is 1.23. The van der Waals surface area contributed by atoms with Crippen molar-refractivity contribution in [2.75, 3.05) is 25.1 Å². The van der Waals surface area contributed by atoms with Gasteiger partial charge in [-0.2, -0.15) is 0 Å². The van der Waals surface area contributed by atoms with Crippen molar-refractivity contribution >= 4 is 40.6 Å². The number of anilines is 1. The molecule has 0 radical (unpaired) electrons. The molecule has 1 aromatic carbocycles. The van der Waals surface area contributed by atoms with E-state index in [2.05, 4.69) is 49.5 Å². The Balaban J connectivity index is 1.90. The first-order valence-electron chi connectivity index (χ1n) is 9.41. The molecule has 1 unspecified atom stereocenters. The van der Waals surface area contributed by atoms with Crippen LogP contribution >= 0.6 is 11.8 Å². The van der Waals surface area contributed by atoms with Crippen LogP contribution in [0.5, 0.6) is 0 Å². The van der Waals surface area contributed by atoms with Crippen LogP contribution in [0.15, 0.2) is 23.1 Å². The van der Waals surface area contributed by atoms with E-state index in [0.717, 1.165) is 35.2 Å². The number of amides is 2. The van der Waals surface area contributed by atoms with Crippen LogP contribution in [-0.4, -0.2) is 47.8 Å². The van der Waals surface area contributed by atoms with Gasteiger partial charge in [-0.15, -0.1) is 0 Å². The third kappa shape index (κ3) is 3.68. The number of methoxy groups -OCH3 is 1. The maximum absolute atomic E-state index is 12.5. The predicted octanol–water partition coefficient (Wildman–Crippen LogP) is 4.01. The first-order valence-corrected chi connectivity index (χ1v) is 10.2. The second kappa shape index (κ2) is 7.62. The van der Waals surface area contributed by atoms with E-state index in [1.165, 1.54) is 18.4 Å². The molecule has 0 aliphatic carbocycles. The first-order chi connectivity index (χ1) is 13.2. The summed E-state index contributed by atoms with van der Waals surface area (Å²) in [5.41, 5.74) is 3.45. The summed E-state index contributed by atoms with van der Waals surface area (Å²) in [5.74, 6) is -0.675. The highest BCUT2D eigenvalue weighted by molar-refractivity contribution is 8.18. The van der Waals surface area contributed by atoms with E-state index in [1.807, 2.05) is 6.07 Å². The molecule has 2 heterocycles. The van der Waals surface area contributed by atoms with Crippen LogP contribution in [0.2, 0.25) is 0 Å². The number of ether oxygens (including phenoxy) is 1. The summed E-state index contributed by atoms with van der Waals surface area (Å²) in [5, 5.41) is -0.452. The van der Waals surface area contributed by atoms with E-state index in [9.17, 15) is 14.4 Å². The van der Waals surface area contributed by atoms with Crippen LogP contribution in [0.3, 0.4) is 0 Å². The highest BCUT2D eigenvalue weighted by atomic mass is 32.2. The standard InChI is InChI=1S/C21H26N2O4S/c1-6-23-16-8-7-14(9-15(16)13(2)11-21(23,3)4)10-17-19(25)22(20(26)28-17)12-18(24)27-5/h7-10,13H,6,11-12H2,1-5H3/b17-10-. The summed E-state index contributed by atoms with van der Waals surface area (Å²) >= 11 is 0.852. The number of nitrogens with zero attached hydrogens (tertiary/aromatic N) is 2. The van der Waals surface area contributed by atoms with Crippen molar-refractivity contribution in [3.63, 3.8) is 0 Å². The Bertz CT molecular complexity index is 862. The van der Waals surface area contributed by atoms with Crippen molar-refractivity contribution in [2.24, 2.45) is 0 Å². The minimum absolute atomic E-state index is 0.0965. The number of esters is 1. The van der Waals surface area contributed by atoms with E-state index in [0.29, 0.717) is 10.8 Å². The molecule has 0 aromatic heterocycles. The van der Waals surface area contributed by atoms with E-state index in [4.69, 9.17) is 0 Å². The molecule has 3 rings (SSSR count). The summed E-state index contributed by atoms with van der Waals surface area (Å²) in [6, 6.07) is 6.18. The monoisotopic (exact) mass is 402 g/mol. The fourth-order valence-electron chi connectivity index (χ4n) is 4.18. The van der Waals surface area contributed by atoms with Gasteiger partial charge in [0.25, 0.3) is 11.1 Å². The van der Waals surface area contributed by atoms with Crippen molar-refractivity contribution in [3.8, 4) is 0 Å². The molecule has 2 amide bonds. The minimum atomic E-state index is -0.617. The van der Waals surface area contributed by atoms with Crippen LogP contribution in [0.1, 0.15) is 51.2 Å². The molecule has 1 atom stereocenters. The van der Waals surface area contributed by atoms with E-state index in [-0.39, 0.29) is 12.1 Å². The molecular weight excluding hydrogens is 376 g/mol. The van der Waals surface area contributed by atoms with Gasteiger partial charge >= 0.3 is 5.97 Å². The van der Waals surface area contributed by atoms with Gasteiger partial charge in [0.1, 0.15) is 6.54 Å². The Morgan fingerprint density at radius 1 is 1.36 bits per heavy atom. The second-order valence-corrected chi connectivity index (χ2v) is 8.82. The summed E-state index contributed by atoms with van der Waals surface area (Å²) in [4.78, 5) is 39.7. The summed E-state index contributed by atoms with van der Waals surface area (Å²) in [6.45, 7) is 9.48. The molecule has 6 nitrogen and oxygen atoms in total. The average molecular weight is 403 g/mol. The van der Waals surface area contributed by atoms with Crippen molar-refractivity contribution < 1.29 is 19.1 Å². The number of imide groups is 1. The van der Waals surface area contributed by atoms with Gasteiger partial charge in [-0.3, -0.25) is 19.3 Å². The number of hydrogen-bond acceptors (Lipinski definition) is 6. The topological polar surface area (TPSA) is 66.9 Å². The molecule has 0 spiro atoms. The predicted molar refractivity (Wildman–Crippen MR) is 111 cm³/mol. The second-order valence-electron chi connectivity index (χ2n) is 7.82. The number of fused-ring (bicyclic) bond motifs is 1. The maximum atomic E-state index is 12.5. The van der Waals surface area contributed by atoms with E-state index >= 15 is 0 Å². The molecule has 0 saturated carbocycles. The van der Waals surface area contributed by atoms with Gasteiger partial charge in [-0.1, -0.05) is 13.0 Å². The molecular formula is C21H26N2O4S. The van der Waals surface area contributed by atoms with Crippen molar-refractivity contribution in [2.45, 2.75) is 45.6 Å². The molecule has 2 aliphatic heterocycles. The zero-order valence-corrected chi connectivity index (χ0v) is 17.8. The smallest absolute Gasteiger partial charge is 0.325 e. The van der Waals surface area contributed by atoms with Gasteiger partial charge in [0.15, 0.2) is 0 Å². The van der Waals surface area contributed by atoms with Crippen LogP contribution in [0.25, 0.3) is 6.08 Å². The molecule has 1 saturated heterocycles. The van der Waals surface area contributed by atoms with Gasteiger partial charge in [-0.25, -0.2) is 0 Å². The van der Waals surface area contributed by atoms with Crippen LogP contribution in [-0.2, 0) is 14.3 Å². The molecule has 28 heavy (non-hydrogen) atoms. The summed E-state index contributed by atoms with van der Waals surface area (Å²) < 4.78 is 4.56. The van der Waals surface area contributed by atoms with Crippen LogP contribution in [0, 0.1) is 0 Å². The summed E-state index contributed by atoms with van der Waals surface area (Å²) in [6.07, 6.45) is 2.78. The Morgan fingerprint density at radius 3 is 2.71 bits per heavy atom. The molecule has 150 valence electrons. The maximum Gasteiger partial charge on any atom is 0.325 e. The number of hydrogen-bond donors (Lipinski definition) is 0. The normalized spacial score (nSPS) is 22.6. The third-order valence-electron chi connectivity index (χ3n) is 5.41. The Hall–Kier alpha value is -2.28. The van der Waals surface area contributed by atoms with E-state index < -0.39 is 17.1 Å². The Kier molecular flexibility index (Phi) is 5.57. The van der Waals surface area contributed by atoms with Crippen LogP contribution < -0.4 is 4.90 Å². The Labute approximate surface area is 169 Å². The lowest BCUT2D eigenvalue weighted by Gasteiger charge is -2.47. The van der Waals surface area contributed by atoms with Gasteiger partial charge in [0, 0.05) is 17.8 Å². The fraction of sp³-hybridized carbons (Fsp3) is 0.476. The lowest BCUT2D eigenvalue weighted by molar-refractivity contribution is -0.143. The van der Waals surface area contributed by atoms with Gasteiger partial charge < -0.3 is 9.64 Å². The lowest BCUT2D eigenvalue weighted by Crippen LogP contribution is -2.48. The van der Waals surface area contributed by atoms with Crippen molar-refractivity contribution in [1.82, 2.24) is 4.90 Å². The minimum Gasteiger partial charge on any atom is -0.468 e. The number of thioether (sulfide) groups is 1.